The topological polar surface area (TPSA) is 141 Å². The Hall–Kier alpha value is -6.10. The molecule has 0 bridgehead atoms. The van der Waals surface area contributed by atoms with E-state index >= 15 is 0 Å². The maximum Gasteiger partial charge on any atom is 0.488 e. The van der Waals surface area contributed by atoms with Crippen LogP contribution >= 0.6 is 0 Å². The van der Waals surface area contributed by atoms with Gasteiger partial charge in [-0.25, -0.2) is 4.79 Å². The van der Waals surface area contributed by atoms with Crippen LogP contribution in [-0.2, 0) is 23.4 Å². The van der Waals surface area contributed by atoms with E-state index < -0.39 is 25.8 Å². The summed E-state index contributed by atoms with van der Waals surface area (Å²) in [4.78, 5) is 13.5. The van der Waals surface area contributed by atoms with Crippen LogP contribution in [0, 0.1) is 0 Å². The zero-order valence-electron chi connectivity index (χ0n) is 28.3. The van der Waals surface area contributed by atoms with Crippen LogP contribution in [0.4, 0.5) is 11.4 Å². The number of anilines is 2. The van der Waals surface area contributed by atoms with Crippen molar-refractivity contribution < 1.29 is 34.4 Å². The van der Waals surface area contributed by atoms with Gasteiger partial charge in [-0.2, -0.15) is 0 Å². The summed E-state index contributed by atoms with van der Waals surface area (Å²) in [6.07, 6.45) is 0. The van der Waals surface area contributed by atoms with E-state index in [1.165, 1.54) is 0 Å². The van der Waals surface area contributed by atoms with Gasteiger partial charge in [-0.15, -0.1) is 0 Å². The first-order valence-electron chi connectivity index (χ1n) is 17.3. The molecule has 0 aliphatic carbocycles. The number of nitrogens with one attached hydrogen (secondary N) is 2. The molecule has 7 aromatic rings. The number of carbonyl (C=O) groups excluding carboxylic acids is 1. The highest BCUT2D eigenvalue weighted by molar-refractivity contribution is 6.59. The molecule has 0 aromatic heterocycles. The van der Waals surface area contributed by atoms with Crippen molar-refractivity contribution in [1.29, 1.82) is 0 Å². The van der Waals surface area contributed by atoms with Gasteiger partial charge in [0.05, 0.1) is 5.56 Å². The Morgan fingerprint density at radius 3 is 1.57 bits per heavy atom. The van der Waals surface area contributed by atoms with E-state index in [1.54, 1.807) is 30.3 Å². The molecule has 258 valence electrons. The monoisotopic (exact) mass is 698 g/mol. The highest BCUT2D eigenvalue weighted by Crippen LogP contribution is 2.59. The van der Waals surface area contributed by atoms with Gasteiger partial charge in [0.15, 0.2) is 5.60 Å². The summed E-state index contributed by atoms with van der Waals surface area (Å²) in [5.41, 5.74) is 5.58. The molecule has 2 heterocycles. The van der Waals surface area contributed by atoms with E-state index in [1.807, 2.05) is 103 Å². The van der Waals surface area contributed by atoms with Gasteiger partial charge in [0.25, 0.3) is 0 Å². The summed E-state index contributed by atoms with van der Waals surface area (Å²) in [6.45, 7) is 0.783. The van der Waals surface area contributed by atoms with Crippen molar-refractivity contribution in [2.24, 2.45) is 0 Å². The molecule has 6 N–H and O–H groups in total. The lowest BCUT2D eigenvalue weighted by Gasteiger charge is -2.37. The first-order valence-corrected chi connectivity index (χ1v) is 17.3. The minimum atomic E-state index is -1.57. The second-order valence-corrected chi connectivity index (χ2v) is 13.3. The average molecular weight is 698 g/mol. The van der Waals surface area contributed by atoms with Gasteiger partial charge in [0, 0.05) is 51.9 Å². The van der Waals surface area contributed by atoms with Crippen LogP contribution in [0.15, 0.2) is 133 Å². The summed E-state index contributed by atoms with van der Waals surface area (Å²) < 4.78 is 13.4. The highest BCUT2D eigenvalue weighted by atomic mass is 16.6. The molecule has 0 amide bonds. The summed E-state index contributed by atoms with van der Waals surface area (Å²) in [7, 11) is -3.14. The first kappa shape index (κ1) is 32.8. The Kier molecular flexibility index (Phi) is 7.94. The second kappa shape index (κ2) is 12.8. The largest absolute Gasteiger partial charge is 0.488 e. The minimum absolute atomic E-state index is 0.392. The molecule has 0 atom stereocenters. The van der Waals surface area contributed by atoms with Crippen LogP contribution < -0.4 is 26.3 Å². The van der Waals surface area contributed by atoms with Crippen LogP contribution in [0.25, 0.3) is 21.5 Å². The van der Waals surface area contributed by atoms with E-state index in [2.05, 4.69) is 10.6 Å². The van der Waals surface area contributed by atoms with Crippen LogP contribution in [0.3, 0.4) is 0 Å². The van der Waals surface area contributed by atoms with Crippen molar-refractivity contribution in [3.63, 3.8) is 0 Å². The summed E-state index contributed by atoms with van der Waals surface area (Å²) in [6, 6.07) is 41.7. The molecule has 11 heteroatoms. The lowest BCUT2D eigenvalue weighted by atomic mass is 9.76. The van der Waals surface area contributed by atoms with Crippen LogP contribution in [0.1, 0.15) is 38.2 Å². The van der Waals surface area contributed by atoms with Crippen molar-refractivity contribution in [3.05, 3.63) is 167 Å². The second-order valence-electron chi connectivity index (χ2n) is 13.3. The molecule has 0 unspecified atom stereocenters. The number of benzene rings is 7. The number of fused-ring (bicyclic) bond motifs is 10. The maximum atomic E-state index is 13.5. The predicted octanol–water partition coefficient (Wildman–Crippen LogP) is 5.14. The van der Waals surface area contributed by atoms with Gasteiger partial charge in [0.2, 0.25) is 0 Å². The molecule has 9 nitrogen and oxygen atoms in total. The molecule has 1 spiro atoms. The van der Waals surface area contributed by atoms with Crippen molar-refractivity contribution in [2.75, 3.05) is 10.6 Å². The molecule has 0 radical (unpaired) electrons. The van der Waals surface area contributed by atoms with E-state index in [4.69, 9.17) is 9.47 Å². The van der Waals surface area contributed by atoms with Crippen LogP contribution in [0.2, 0.25) is 0 Å². The summed E-state index contributed by atoms with van der Waals surface area (Å²) in [5.74, 6) is 0.780. The summed E-state index contributed by atoms with van der Waals surface area (Å²) >= 11 is 0. The minimum Gasteiger partial charge on any atom is -0.455 e. The fourth-order valence-electron chi connectivity index (χ4n) is 7.75. The Bertz CT molecular complexity index is 2450. The highest BCUT2D eigenvalue weighted by Gasteiger charge is 2.54. The fourth-order valence-corrected chi connectivity index (χ4v) is 7.75. The number of esters is 1. The Balaban J connectivity index is 1.13. The molecule has 7 aromatic carbocycles. The van der Waals surface area contributed by atoms with Gasteiger partial charge in [-0.05, 0) is 87.4 Å². The fraction of sp³-hybridized carbons (Fsp3) is 0.0714. The average Bonchev–Trinajstić information content (AvgIpc) is 3.48. The molecule has 0 saturated heterocycles. The zero-order valence-corrected chi connectivity index (χ0v) is 28.3. The first-order chi connectivity index (χ1) is 25.8. The van der Waals surface area contributed by atoms with E-state index in [0.29, 0.717) is 41.1 Å². The maximum absolute atomic E-state index is 13.5. The molecule has 0 fully saturated rings. The van der Waals surface area contributed by atoms with E-state index in [9.17, 15) is 24.9 Å². The standard InChI is InChI=1S/C42H32B2N2O7/c47-41-33-9-3-4-10-34(33)42(53-41)35-19-13-25-21-29(45-23-27-7-1-5-11-37(27)43(48)49)15-17-31(25)39(35)52-40-32-18-16-30(22-26(32)14-20-36(40)42)46-24-28-8-2-6-12-38(28)44(50)51/h1-22,45-46,48-51H,23-24H2. The van der Waals surface area contributed by atoms with E-state index in [0.717, 1.165) is 60.7 Å². The third-order valence-electron chi connectivity index (χ3n) is 10.3. The molecule has 53 heavy (non-hydrogen) atoms. The Morgan fingerprint density at radius 1 is 0.547 bits per heavy atom. The molecule has 2 aliphatic rings. The summed E-state index contributed by atoms with van der Waals surface area (Å²) in [5, 5.41) is 49.6. The zero-order chi connectivity index (χ0) is 36.3. The third kappa shape index (κ3) is 5.41. The molecular formula is C42H32B2N2O7. The molecular weight excluding hydrogens is 666 g/mol. The lowest BCUT2D eigenvalue weighted by molar-refractivity contribution is 0.0226. The quantitative estimate of drug-likeness (QED) is 0.0941. The predicted molar refractivity (Wildman–Crippen MR) is 207 cm³/mol. The van der Waals surface area contributed by atoms with Crippen LogP contribution in [0.5, 0.6) is 11.5 Å². The van der Waals surface area contributed by atoms with Gasteiger partial charge >= 0.3 is 20.2 Å². The van der Waals surface area contributed by atoms with Gasteiger partial charge < -0.3 is 40.2 Å². The normalized spacial score (nSPS) is 13.5. The van der Waals surface area contributed by atoms with Crippen molar-refractivity contribution in [2.45, 2.75) is 18.7 Å². The smallest absolute Gasteiger partial charge is 0.455 e. The number of rotatable bonds is 8. The van der Waals surface area contributed by atoms with Crippen LogP contribution in [-0.4, -0.2) is 40.3 Å². The number of hydrogen-bond donors (Lipinski definition) is 6. The van der Waals surface area contributed by atoms with Crippen molar-refractivity contribution in [1.82, 2.24) is 0 Å². The number of ether oxygens (including phenoxy) is 2. The van der Waals surface area contributed by atoms with Gasteiger partial charge in [-0.3, -0.25) is 0 Å². The van der Waals surface area contributed by atoms with Crippen molar-refractivity contribution in [3.8, 4) is 11.5 Å². The van der Waals surface area contributed by atoms with Gasteiger partial charge in [-0.1, -0.05) is 78.9 Å². The third-order valence-corrected chi connectivity index (χ3v) is 10.3. The van der Waals surface area contributed by atoms with E-state index in [-0.39, 0.29) is 0 Å². The number of hydrogen-bond acceptors (Lipinski definition) is 9. The molecule has 2 aliphatic heterocycles. The molecule has 9 rings (SSSR count). The van der Waals surface area contributed by atoms with Gasteiger partial charge in [0.1, 0.15) is 11.5 Å². The Morgan fingerprint density at radius 2 is 1.04 bits per heavy atom. The lowest BCUT2D eigenvalue weighted by Crippen LogP contribution is -2.33. The molecule has 0 saturated carbocycles. The number of carbonyl (C=O) groups is 1. The Labute approximate surface area is 305 Å². The van der Waals surface area contributed by atoms with Crippen molar-refractivity contribution >= 4 is 64.1 Å². The SMILES string of the molecule is O=C1OC2(c3ccccc31)c1ccc3cc(NCc4ccccc4B(O)O)ccc3c1Oc1c2ccc2cc(NCc3ccccc3B(O)O)ccc12.